The van der Waals surface area contributed by atoms with E-state index in [1.165, 1.54) is 6.07 Å². The van der Waals surface area contributed by atoms with Gasteiger partial charge in [-0.15, -0.1) is 0 Å². The van der Waals surface area contributed by atoms with E-state index in [1.807, 2.05) is 6.92 Å². The van der Waals surface area contributed by atoms with Crippen molar-refractivity contribution >= 4 is 11.8 Å². The maximum absolute atomic E-state index is 12.4. The Morgan fingerprint density at radius 1 is 1.16 bits per heavy atom. The van der Waals surface area contributed by atoms with E-state index in [-0.39, 0.29) is 0 Å². The number of alkyl halides is 3. The van der Waals surface area contributed by atoms with Gasteiger partial charge in [0.25, 0.3) is 0 Å². The molecule has 3 N–H and O–H groups in total. The molecule has 0 aliphatic carbocycles. The summed E-state index contributed by atoms with van der Waals surface area (Å²) in [6, 6.07) is 2.34. The second-order valence-corrected chi connectivity index (χ2v) is 5.19. The summed E-state index contributed by atoms with van der Waals surface area (Å²) in [6.45, 7) is 5.43. The van der Waals surface area contributed by atoms with Crippen LogP contribution in [0.1, 0.15) is 25.3 Å². The van der Waals surface area contributed by atoms with E-state index in [4.69, 9.17) is 4.74 Å². The number of hydrogen-bond donors (Lipinski definition) is 3. The number of hydrogen-bond acceptors (Lipinski definition) is 4. The van der Waals surface area contributed by atoms with Gasteiger partial charge in [0, 0.05) is 46.1 Å². The molecule has 0 aromatic carbocycles. The highest BCUT2D eigenvalue weighted by Gasteiger charge is 2.30. The third-order valence-electron chi connectivity index (χ3n) is 3.23. The first-order valence-corrected chi connectivity index (χ1v) is 8.26. The molecule has 0 aliphatic rings. The van der Waals surface area contributed by atoms with Gasteiger partial charge in [-0.2, -0.15) is 13.2 Å². The lowest BCUT2D eigenvalue weighted by molar-refractivity contribution is -0.137. The summed E-state index contributed by atoms with van der Waals surface area (Å²) in [5.74, 6) is 1.13. The number of pyridine rings is 1. The fourth-order valence-corrected chi connectivity index (χ4v) is 1.92. The van der Waals surface area contributed by atoms with Gasteiger partial charge < -0.3 is 20.7 Å². The fraction of sp³-hybridized carbons (Fsp3) is 0.625. The predicted molar refractivity (Wildman–Crippen MR) is 92.8 cm³/mol. The van der Waals surface area contributed by atoms with Crippen molar-refractivity contribution in [2.75, 3.05) is 45.2 Å². The van der Waals surface area contributed by atoms with Crippen LogP contribution < -0.4 is 16.0 Å². The number of nitrogens with zero attached hydrogens (tertiary/aromatic N) is 2. The first kappa shape index (κ1) is 21.0. The number of anilines is 1. The SMILES string of the molecule is CCOCCCNC(=NC)NCCCNc1ccc(C(F)(F)F)cn1. The smallest absolute Gasteiger partial charge is 0.382 e. The fourth-order valence-electron chi connectivity index (χ4n) is 1.92. The molecule has 0 saturated heterocycles. The van der Waals surface area contributed by atoms with Crippen LogP contribution in [0.15, 0.2) is 23.3 Å². The quantitative estimate of drug-likeness (QED) is 0.339. The average Bonchev–Trinajstić information content (AvgIpc) is 2.59. The van der Waals surface area contributed by atoms with Gasteiger partial charge in [0.1, 0.15) is 5.82 Å². The molecule has 1 heterocycles. The van der Waals surface area contributed by atoms with Gasteiger partial charge in [-0.05, 0) is 31.9 Å². The largest absolute Gasteiger partial charge is 0.417 e. The molecule has 0 unspecified atom stereocenters. The Hall–Kier alpha value is -2.03. The number of aliphatic imine (C=N–C) groups is 1. The van der Waals surface area contributed by atoms with E-state index in [2.05, 4.69) is 25.9 Å². The van der Waals surface area contributed by atoms with Crippen LogP contribution in [-0.2, 0) is 10.9 Å². The van der Waals surface area contributed by atoms with Crippen LogP contribution in [0.25, 0.3) is 0 Å². The first-order chi connectivity index (χ1) is 12.0. The normalized spacial score (nSPS) is 12.1. The molecular weight excluding hydrogens is 335 g/mol. The zero-order chi connectivity index (χ0) is 18.5. The van der Waals surface area contributed by atoms with Crippen LogP contribution in [0.4, 0.5) is 19.0 Å². The molecule has 1 aromatic heterocycles. The van der Waals surface area contributed by atoms with E-state index in [9.17, 15) is 13.2 Å². The summed E-state index contributed by atoms with van der Waals surface area (Å²) in [5, 5.41) is 9.33. The minimum Gasteiger partial charge on any atom is -0.382 e. The van der Waals surface area contributed by atoms with Crippen molar-refractivity contribution in [1.29, 1.82) is 0 Å². The second-order valence-electron chi connectivity index (χ2n) is 5.19. The summed E-state index contributed by atoms with van der Waals surface area (Å²) in [5.41, 5.74) is -0.751. The Labute approximate surface area is 146 Å². The highest BCUT2D eigenvalue weighted by molar-refractivity contribution is 5.79. The number of ether oxygens (including phenoxy) is 1. The number of aromatic nitrogens is 1. The minimum atomic E-state index is -4.36. The zero-order valence-electron chi connectivity index (χ0n) is 14.6. The zero-order valence-corrected chi connectivity index (χ0v) is 14.6. The molecule has 9 heteroatoms. The van der Waals surface area contributed by atoms with Crippen molar-refractivity contribution in [3.05, 3.63) is 23.9 Å². The molecule has 6 nitrogen and oxygen atoms in total. The van der Waals surface area contributed by atoms with Crippen molar-refractivity contribution in [2.24, 2.45) is 4.99 Å². The van der Waals surface area contributed by atoms with Gasteiger partial charge in [-0.25, -0.2) is 4.98 Å². The van der Waals surface area contributed by atoms with Crippen LogP contribution in [0, 0.1) is 0 Å². The maximum atomic E-state index is 12.4. The highest BCUT2D eigenvalue weighted by Crippen LogP contribution is 2.28. The van der Waals surface area contributed by atoms with Gasteiger partial charge in [-0.3, -0.25) is 4.99 Å². The van der Waals surface area contributed by atoms with E-state index in [1.54, 1.807) is 7.05 Å². The van der Waals surface area contributed by atoms with E-state index < -0.39 is 11.7 Å². The molecule has 0 atom stereocenters. The lowest BCUT2D eigenvalue weighted by Gasteiger charge is -2.12. The molecule has 1 aromatic rings. The molecule has 0 radical (unpaired) electrons. The molecule has 25 heavy (non-hydrogen) atoms. The molecule has 142 valence electrons. The maximum Gasteiger partial charge on any atom is 0.417 e. The molecule has 0 fully saturated rings. The lowest BCUT2D eigenvalue weighted by Crippen LogP contribution is -2.38. The molecule has 0 bridgehead atoms. The predicted octanol–water partition coefficient (Wildman–Crippen LogP) is 2.49. The molecular formula is C16H26F3N5O. The summed E-state index contributed by atoms with van der Waals surface area (Å²) in [6.07, 6.45) is -1.87. The Kier molecular flexibility index (Phi) is 9.68. The van der Waals surface area contributed by atoms with Gasteiger partial charge in [0.05, 0.1) is 5.56 Å². The number of halogens is 3. The Morgan fingerprint density at radius 3 is 2.44 bits per heavy atom. The molecule has 0 spiro atoms. The van der Waals surface area contributed by atoms with E-state index in [0.29, 0.717) is 38.1 Å². The van der Waals surface area contributed by atoms with E-state index >= 15 is 0 Å². The van der Waals surface area contributed by atoms with Gasteiger partial charge >= 0.3 is 6.18 Å². The summed E-state index contributed by atoms with van der Waals surface area (Å²) in [4.78, 5) is 7.87. The summed E-state index contributed by atoms with van der Waals surface area (Å²) < 4.78 is 42.6. The minimum absolute atomic E-state index is 0.423. The summed E-state index contributed by atoms with van der Waals surface area (Å²) >= 11 is 0. The number of nitrogens with one attached hydrogen (secondary N) is 3. The monoisotopic (exact) mass is 361 g/mol. The topological polar surface area (TPSA) is 70.6 Å². The Morgan fingerprint density at radius 2 is 1.88 bits per heavy atom. The summed E-state index contributed by atoms with van der Waals surface area (Å²) in [7, 11) is 1.70. The third kappa shape index (κ3) is 9.13. The van der Waals surface area contributed by atoms with Crippen molar-refractivity contribution in [2.45, 2.75) is 25.9 Å². The molecule has 1 rings (SSSR count). The van der Waals surface area contributed by atoms with Crippen LogP contribution in [-0.4, -0.2) is 50.8 Å². The molecule has 0 amide bonds. The second kappa shape index (κ2) is 11.5. The first-order valence-electron chi connectivity index (χ1n) is 8.26. The van der Waals surface area contributed by atoms with Gasteiger partial charge in [-0.1, -0.05) is 0 Å². The van der Waals surface area contributed by atoms with Crippen LogP contribution >= 0.6 is 0 Å². The van der Waals surface area contributed by atoms with Crippen LogP contribution in [0.2, 0.25) is 0 Å². The van der Waals surface area contributed by atoms with Crippen LogP contribution in [0.3, 0.4) is 0 Å². The van der Waals surface area contributed by atoms with E-state index in [0.717, 1.165) is 31.6 Å². The van der Waals surface area contributed by atoms with Gasteiger partial charge in [0.15, 0.2) is 5.96 Å². The van der Waals surface area contributed by atoms with Crippen molar-refractivity contribution in [1.82, 2.24) is 15.6 Å². The standard InChI is InChI=1S/C16H26F3N5O/c1-3-25-11-5-10-23-15(20-2)22-9-4-8-21-14-7-6-13(12-24-14)16(17,18)19/h6-7,12H,3-5,8-11H2,1-2H3,(H,21,24)(H2,20,22,23). The molecule has 0 aliphatic heterocycles. The average molecular weight is 361 g/mol. The lowest BCUT2D eigenvalue weighted by atomic mass is 10.3. The van der Waals surface area contributed by atoms with Crippen molar-refractivity contribution in [3.8, 4) is 0 Å². The number of rotatable bonds is 10. The number of guanidine groups is 1. The Bertz CT molecular complexity index is 505. The van der Waals surface area contributed by atoms with Crippen molar-refractivity contribution < 1.29 is 17.9 Å². The van der Waals surface area contributed by atoms with Crippen LogP contribution in [0.5, 0.6) is 0 Å². The van der Waals surface area contributed by atoms with Gasteiger partial charge in [0.2, 0.25) is 0 Å². The van der Waals surface area contributed by atoms with Crippen molar-refractivity contribution in [3.63, 3.8) is 0 Å². The highest BCUT2D eigenvalue weighted by atomic mass is 19.4. The Balaban J connectivity index is 2.16. The molecule has 0 saturated carbocycles. The third-order valence-corrected chi connectivity index (χ3v) is 3.23.